The first-order valence-corrected chi connectivity index (χ1v) is 10.1. The molecular formula is C17H22N2O7S. The Hall–Kier alpha value is -2.17. The Morgan fingerprint density at radius 1 is 1.26 bits per heavy atom. The van der Waals surface area contributed by atoms with E-state index in [4.69, 9.17) is 14.2 Å². The number of carbonyl (C=O) groups is 2. The smallest absolute Gasteiger partial charge is 0.309 e. The third-order valence-electron chi connectivity index (χ3n) is 4.31. The minimum absolute atomic E-state index is 0.0375. The highest BCUT2D eigenvalue weighted by Gasteiger charge is 2.31. The number of nitrogens with zero attached hydrogens (tertiary/aromatic N) is 1. The van der Waals surface area contributed by atoms with E-state index in [0.29, 0.717) is 19.0 Å². The van der Waals surface area contributed by atoms with Crippen LogP contribution < -0.4 is 10.1 Å². The second-order valence-corrected chi connectivity index (χ2v) is 8.25. The summed E-state index contributed by atoms with van der Waals surface area (Å²) in [6, 6.07) is 4.23. The lowest BCUT2D eigenvalue weighted by Crippen LogP contribution is -2.40. The zero-order chi connectivity index (χ0) is 19.4. The molecule has 1 N–H and O–H groups in total. The SMILES string of the molecule is COc1ccc(S(=O)(=O)N2CCOCC2)cc1NC(=O)COC(=O)C1CC1. The minimum atomic E-state index is -3.71. The molecule has 9 nitrogen and oxygen atoms in total. The molecular weight excluding hydrogens is 376 g/mol. The van der Waals surface area contributed by atoms with Crippen LogP contribution in [0.3, 0.4) is 0 Å². The van der Waals surface area contributed by atoms with Gasteiger partial charge in [-0.1, -0.05) is 0 Å². The molecule has 10 heteroatoms. The van der Waals surface area contributed by atoms with Gasteiger partial charge in [0, 0.05) is 13.1 Å². The third kappa shape index (κ3) is 4.76. The van der Waals surface area contributed by atoms with Crippen molar-refractivity contribution in [1.82, 2.24) is 4.31 Å². The molecule has 1 saturated carbocycles. The number of benzene rings is 1. The predicted octanol–water partition coefficient (Wildman–Crippen LogP) is 0.608. The monoisotopic (exact) mass is 398 g/mol. The molecule has 0 radical (unpaired) electrons. The molecule has 0 aromatic heterocycles. The maximum absolute atomic E-state index is 12.8. The van der Waals surface area contributed by atoms with Crippen LogP contribution in [0.25, 0.3) is 0 Å². The number of amides is 1. The fraction of sp³-hybridized carbons (Fsp3) is 0.529. The fourth-order valence-corrected chi connectivity index (χ4v) is 4.08. The van der Waals surface area contributed by atoms with Crippen molar-refractivity contribution in [1.29, 1.82) is 0 Å². The number of nitrogens with one attached hydrogen (secondary N) is 1. The van der Waals surface area contributed by atoms with Crippen molar-refractivity contribution in [3.63, 3.8) is 0 Å². The lowest BCUT2D eigenvalue weighted by molar-refractivity contribution is -0.148. The van der Waals surface area contributed by atoms with Crippen LogP contribution in [0, 0.1) is 5.92 Å². The van der Waals surface area contributed by atoms with Crippen LogP contribution in [0.5, 0.6) is 5.75 Å². The van der Waals surface area contributed by atoms with Gasteiger partial charge in [0.25, 0.3) is 5.91 Å². The topological polar surface area (TPSA) is 111 Å². The van der Waals surface area contributed by atoms with E-state index in [0.717, 1.165) is 12.8 Å². The number of hydrogen-bond donors (Lipinski definition) is 1. The highest BCUT2D eigenvalue weighted by molar-refractivity contribution is 7.89. The predicted molar refractivity (Wildman–Crippen MR) is 94.9 cm³/mol. The Morgan fingerprint density at radius 3 is 2.59 bits per heavy atom. The number of sulfonamides is 1. The molecule has 27 heavy (non-hydrogen) atoms. The normalized spacial score (nSPS) is 18.0. The molecule has 0 atom stereocenters. The number of morpholine rings is 1. The van der Waals surface area contributed by atoms with Crippen molar-refractivity contribution >= 4 is 27.6 Å². The second kappa shape index (κ2) is 8.24. The van der Waals surface area contributed by atoms with E-state index in [1.807, 2.05) is 0 Å². The van der Waals surface area contributed by atoms with Gasteiger partial charge < -0.3 is 19.5 Å². The van der Waals surface area contributed by atoms with Crippen molar-refractivity contribution in [2.75, 3.05) is 45.3 Å². The van der Waals surface area contributed by atoms with Gasteiger partial charge in [-0.05, 0) is 31.0 Å². The van der Waals surface area contributed by atoms with Crippen LogP contribution in [-0.2, 0) is 29.1 Å². The first-order chi connectivity index (χ1) is 12.9. The molecule has 1 aliphatic heterocycles. The van der Waals surface area contributed by atoms with Gasteiger partial charge in [0.2, 0.25) is 10.0 Å². The summed E-state index contributed by atoms with van der Waals surface area (Å²) in [5, 5.41) is 2.54. The number of rotatable bonds is 7. The summed E-state index contributed by atoms with van der Waals surface area (Å²) in [4.78, 5) is 23.6. The van der Waals surface area contributed by atoms with Crippen molar-refractivity contribution in [3.8, 4) is 5.75 Å². The summed E-state index contributed by atoms with van der Waals surface area (Å²) >= 11 is 0. The average molecular weight is 398 g/mol. The average Bonchev–Trinajstić information content (AvgIpc) is 3.52. The van der Waals surface area contributed by atoms with Crippen molar-refractivity contribution in [3.05, 3.63) is 18.2 Å². The standard InChI is InChI=1S/C17H22N2O7S/c1-24-15-5-4-13(27(22,23)19-6-8-25-9-7-19)10-14(15)18-16(20)11-26-17(21)12-2-3-12/h4-5,10,12H,2-3,6-9,11H2,1H3,(H,18,20). The molecule has 1 heterocycles. The zero-order valence-electron chi connectivity index (χ0n) is 15.0. The number of methoxy groups -OCH3 is 1. The van der Waals surface area contributed by atoms with Gasteiger partial charge in [0.05, 0.1) is 36.8 Å². The van der Waals surface area contributed by atoms with E-state index in [9.17, 15) is 18.0 Å². The minimum Gasteiger partial charge on any atom is -0.495 e. The van der Waals surface area contributed by atoms with Crippen molar-refractivity contribution < 1.29 is 32.2 Å². The molecule has 1 amide bonds. The molecule has 1 aromatic rings. The van der Waals surface area contributed by atoms with Gasteiger partial charge in [0.1, 0.15) is 5.75 Å². The molecule has 1 saturated heterocycles. The van der Waals surface area contributed by atoms with Crippen LogP contribution in [0.2, 0.25) is 0 Å². The Kier molecular flexibility index (Phi) is 5.98. The molecule has 3 rings (SSSR count). The van der Waals surface area contributed by atoms with Gasteiger partial charge in [-0.2, -0.15) is 4.31 Å². The number of ether oxygens (including phenoxy) is 3. The van der Waals surface area contributed by atoms with Crippen LogP contribution in [0.1, 0.15) is 12.8 Å². The third-order valence-corrected chi connectivity index (χ3v) is 6.20. The molecule has 2 aliphatic rings. The van der Waals surface area contributed by atoms with E-state index in [2.05, 4.69) is 5.32 Å². The maximum atomic E-state index is 12.8. The highest BCUT2D eigenvalue weighted by Crippen LogP contribution is 2.31. The highest BCUT2D eigenvalue weighted by atomic mass is 32.2. The molecule has 2 fully saturated rings. The van der Waals surface area contributed by atoms with Crippen LogP contribution in [0.15, 0.2) is 23.1 Å². The van der Waals surface area contributed by atoms with E-state index in [1.165, 1.54) is 29.6 Å². The number of hydrogen-bond acceptors (Lipinski definition) is 7. The molecule has 1 aromatic carbocycles. The quantitative estimate of drug-likeness (QED) is 0.670. The largest absolute Gasteiger partial charge is 0.495 e. The number of anilines is 1. The van der Waals surface area contributed by atoms with Gasteiger partial charge in [-0.25, -0.2) is 8.42 Å². The first-order valence-electron chi connectivity index (χ1n) is 8.64. The van der Waals surface area contributed by atoms with Gasteiger partial charge >= 0.3 is 5.97 Å². The number of esters is 1. The summed E-state index contributed by atoms with van der Waals surface area (Å²) in [5.41, 5.74) is 0.194. The van der Waals surface area contributed by atoms with Gasteiger partial charge in [-0.3, -0.25) is 9.59 Å². The van der Waals surface area contributed by atoms with Crippen LogP contribution in [0.4, 0.5) is 5.69 Å². The Balaban J connectivity index is 1.72. The van der Waals surface area contributed by atoms with Gasteiger partial charge in [0.15, 0.2) is 6.61 Å². The Morgan fingerprint density at radius 2 is 1.96 bits per heavy atom. The number of carbonyl (C=O) groups excluding carboxylic acids is 2. The summed E-state index contributed by atoms with van der Waals surface area (Å²) in [6.07, 6.45) is 1.57. The van der Waals surface area contributed by atoms with E-state index in [-0.39, 0.29) is 35.6 Å². The lowest BCUT2D eigenvalue weighted by Gasteiger charge is -2.26. The van der Waals surface area contributed by atoms with Crippen LogP contribution in [-0.4, -0.2) is 64.6 Å². The molecule has 0 bridgehead atoms. The maximum Gasteiger partial charge on any atom is 0.309 e. The molecule has 1 aliphatic carbocycles. The van der Waals surface area contributed by atoms with E-state index in [1.54, 1.807) is 0 Å². The summed E-state index contributed by atoms with van der Waals surface area (Å²) < 4.78 is 42.2. The molecule has 0 spiro atoms. The lowest BCUT2D eigenvalue weighted by atomic mass is 10.3. The Bertz CT molecular complexity index is 815. The second-order valence-electron chi connectivity index (χ2n) is 6.31. The van der Waals surface area contributed by atoms with Gasteiger partial charge in [-0.15, -0.1) is 0 Å². The summed E-state index contributed by atoms with van der Waals surface area (Å²) in [5.74, 6) is -0.754. The molecule has 148 valence electrons. The molecule has 0 unspecified atom stereocenters. The van der Waals surface area contributed by atoms with Crippen molar-refractivity contribution in [2.24, 2.45) is 5.92 Å². The Labute approximate surface area is 157 Å². The van der Waals surface area contributed by atoms with E-state index >= 15 is 0 Å². The van der Waals surface area contributed by atoms with Crippen molar-refractivity contribution in [2.45, 2.75) is 17.7 Å². The van der Waals surface area contributed by atoms with Crippen LogP contribution >= 0.6 is 0 Å². The fourth-order valence-electron chi connectivity index (χ4n) is 2.64. The summed E-state index contributed by atoms with van der Waals surface area (Å²) in [6.45, 7) is 0.788. The van der Waals surface area contributed by atoms with E-state index < -0.39 is 22.5 Å². The summed E-state index contributed by atoms with van der Waals surface area (Å²) in [7, 11) is -2.30. The zero-order valence-corrected chi connectivity index (χ0v) is 15.8. The first kappa shape index (κ1) is 19.6.